The Hall–Kier alpha value is -2.51. The van der Waals surface area contributed by atoms with E-state index in [4.69, 9.17) is 4.52 Å². The molecule has 1 aliphatic rings. The number of nitrogens with zero attached hydrogens (tertiary/aromatic N) is 3. The standard InChI is InChI=1S/C24H29N3O3S/c1-15-16(2)18(4)22(19(5)17(15)3)31(28,29)27-13-11-21(12-14-27)24-25-23(26-30-24)20-9-7-6-8-10-20/h6-10,21H,11-14H2,1-5H3. The van der Waals surface area contributed by atoms with Gasteiger partial charge in [0.25, 0.3) is 0 Å². The van der Waals surface area contributed by atoms with E-state index in [0.29, 0.717) is 42.5 Å². The van der Waals surface area contributed by atoms with Crippen LogP contribution >= 0.6 is 0 Å². The minimum Gasteiger partial charge on any atom is -0.339 e. The summed E-state index contributed by atoms with van der Waals surface area (Å²) < 4.78 is 34.2. The molecule has 0 atom stereocenters. The Balaban J connectivity index is 1.54. The molecule has 0 radical (unpaired) electrons. The van der Waals surface area contributed by atoms with Gasteiger partial charge in [0.1, 0.15) is 0 Å². The predicted molar refractivity (Wildman–Crippen MR) is 121 cm³/mol. The quantitative estimate of drug-likeness (QED) is 0.581. The largest absolute Gasteiger partial charge is 0.339 e. The third-order valence-corrected chi connectivity index (χ3v) is 8.98. The molecular weight excluding hydrogens is 410 g/mol. The lowest BCUT2D eigenvalue weighted by molar-refractivity contribution is 0.270. The minimum atomic E-state index is -3.56. The lowest BCUT2D eigenvalue weighted by Gasteiger charge is -2.31. The zero-order valence-corrected chi connectivity index (χ0v) is 19.6. The first-order chi connectivity index (χ1) is 14.7. The van der Waals surface area contributed by atoms with Crippen LogP contribution in [0.15, 0.2) is 39.8 Å². The van der Waals surface area contributed by atoms with E-state index in [1.165, 1.54) is 5.56 Å². The number of hydrogen-bond acceptors (Lipinski definition) is 5. The molecule has 2 aromatic carbocycles. The molecule has 0 N–H and O–H groups in total. The van der Waals surface area contributed by atoms with Gasteiger partial charge in [-0.15, -0.1) is 0 Å². The summed E-state index contributed by atoms with van der Waals surface area (Å²) in [5, 5.41) is 4.11. The molecule has 3 aromatic rings. The average Bonchev–Trinajstić information content (AvgIpc) is 3.27. The summed E-state index contributed by atoms with van der Waals surface area (Å²) in [4.78, 5) is 5.03. The molecule has 0 unspecified atom stereocenters. The van der Waals surface area contributed by atoms with Gasteiger partial charge in [-0.2, -0.15) is 9.29 Å². The first-order valence-corrected chi connectivity index (χ1v) is 12.1. The van der Waals surface area contributed by atoms with Gasteiger partial charge in [-0.05, 0) is 75.3 Å². The normalized spacial score (nSPS) is 16.0. The van der Waals surface area contributed by atoms with Crippen LogP contribution in [0.1, 0.15) is 52.5 Å². The molecule has 31 heavy (non-hydrogen) atoms. The fourth-order valence-electron chi connectivity index (χ4n) is 4.43. The van der Waals surface area contributed by atoms with Crippen molar-refractivity contribution in [2.45, 2.75) is 58.3 Å². The molecule has 7 heteroatoms. The van der Waals surface area contributed by atoms with Gasteiger partial charge in [-0.1, -0.05) is 35.5 Å². The number of aromatic nitrogens is 2. The van der Waals surface area contributed by atoms with Crippen LogP contribution in [0, 0.1) is 34.6 Å². The summed E-state index contributed by atoms with van der Waals surface area (Å²) in [6.07, 6.45) is 1.33. The van der Waals surface area contributed by atoms with Gasteiger partial charge in [0.2, 0.25) is 21.7 Å². The third-order valence-electron chi connectivity index (χ3n) is 6.81. The van der Waals surface area contributed by atoms with Crippen molar-refractivity contribution in [1.82, 2.24) is 14.4 Å². The maximum absolute atomic E-state index is 13.6. The topological polar surface area (TPSA) is 76.3 Å². The Morgan fingerprint density at radius 3 is 2.00 bits per heavy atom. The maximum atomic E-state index is 13.6. The van der Waals surface area contributed by atoms with Crippen molar-refractivity contribution in [2.75, 3.05) is 13.1 Å². The van der Waals surface area contributed by atoms with E-state index in [9.17, 15) is 8.42 Å². The first kappa shape index (κ1) is 21.7. The predicted octanol–water partition coefficient (Wildman–Crippen LogP) is 4.85. The van der Waals surface area contributed by atoms with Gasteiger partial charge in [-0.25, -0.2) is 8.42 Å². The average molecular weight is 440 g/mol. The summed E-state index contributed by atoms with van der Waals surface area (Å²) in [5.41, 5.74) is 5.89. The maximum Gasteiger partial charge on any atom is 0.243 e. The van der Waals surface area contributed by atoms with Gasteiger partial charge in [0, 0.05) is 24.6 Å². The van der Waals surface area contributed by atoms with Crippen LogP contribution in [0.3, 0.4) is 0 Å². The van der Waals surface area contributed by atoms with Crippen LogP contribution in [0.2, 0.25) is 0 Å². The van der Waals surface area contributed by atoms with Crippen molar-refractivity contribution >= 4 is 10.0 Å². The van der Waals surface area contributed by atoms with Crippen LogP contribution in [0.25, 0.3) is 11.4 Å². The van der Waals surface area contributed by atoms with Gasteiger partial charge >= 0.3 is 0 Å². The van der Waals surface area contributed by atoms with Crippen molar-refractivity contribution in [3.8, 4) is 11.4 Å². The molecule has 2 heterocycles. The molecule has 1 aliphatic heterocycles. The number of benzene rings is 2. The van der Waals surface area contributed by atoms with E-state index in [-0.39, 0.29) is 5.92 Å². The zero-order valence-electron chi connectivity index (χ0n) is 18.8. The van der Waals surface area contributed by atoms with E-state index >= 15 is 0 Å². The van der Waals surface area contributed by atoms with Gasteiger partial charge in [0.15, 0.2) is 0 Å². The highest BCUT2D eigenvalue weighted by Gasteiger charge is 2.34. The fraction of sp³-hybridized carbons (Fsp3) is 0.417. The highest BCUT2D eigenvalue weighted by atomic mass is 32.2. The van der Waals surface area contributed by atoms with E-state index in [1.807, 2.05) is 58.0 Å². The van der Waals surface area contributed by atoms with E-state index in [2.05, 4.69) is 17.1 Å². The summed E-state index contributed by atoms with van der Waals surface area (Å²) in [7, 11) is -3.56. The Bertz CT molecular complexity index is 1180. The van der Waals surface area contributed by atoms with Crippen LogP contribution in [0.4, 0.5) is 0 Å². The molecule has 0 bridgehead atoms. The summed E-state index contributed by atoms with van der Waals surface area (Å²) in [6, 6.07) is 9.71. The molecule has 0 spiro atoms. The van der Waals surface area contributed by atoms with Crippen molar-refractivity contribution in [3.05, 3.63) is 64.0 Å². The summed E-state index contributed by atoms with van der Waals surface area (Å²) in [5.74, 6) is 1.23. The second-order valence-electron chi connectivity index (χ2n) is 8.45. The highest BCUT2D eigenvalue weighted by molar-refractivity contribution is 7.89. The smallest absolute Gasteiger partial charge is 0.243 e. The van der Waals surface area contributed by atoms with Gasteiger partial charge in [0.05, 0.1) is 4.90 Å². The minimum absolute atomic E-state index is 0.0695. The molecule has 0 saturated carbocycles. The zero-order chi connectivity index (χ0) is 22.3. The third kappa shape index (κ3) is 3.81. The monoisotopic (exact) mass is 439 g/mol. The van der Waals surface area contributed by atoms with Crippen molar-refractivity contribution in [2.24, 2.45) is 0 Å². The molecule has 6 nitrogen and oxygen atoms in total. The molecule has 4 rings (SSSR count). The molecule has 1 saturated heterocycles. The molecule has 0 aliphatic carbocycles. The number of piperidine rings is 1. The second-order valence-corrected chi connectivity index (χ2v) is 10.3. The van der Waals surface area contributed by atoms with Crippen LogP contribution in [-0.2, 0) is 10.0 Å². The second kappa shape index (κ2) is 8.20. The van der Waals surface area contributed by atoms with Crippen LogP contribution in [0.5, 0.6) is 0 Å². The molecule has 1 aromatic heterocycles. The first-order valence-electron chi connectivity index (χ1n) is 10.7. The Labute approximate surface area is 184 Å². The number of rotatable bonds is 4. The van der Waals surface area contributed by atoms with Crippen molar-refractivity contribution < 1.29 is 12.9 Å². The lowest BCUT2D eigenvalue weighted by Crippen LogP contribution is -2.38. The summed E-state index contributed by atoms with van der Waals surface area (Å²) in [6.45, 7) is 10.8. The molecule has 0 amide bonds. The van der Waals surface area contributed by atoms with Crippen LogP contribution < -0.4 is 0 Å². The summed E-state index contributed by atoms with van der Waals surface area (Å²) >= 11 is 0. The van der Waals surface area contributed by atoms with Gasteiger partial charge in [-0.3, -0.25) is 0 Å². The van der Waals surface area contributed by atoms with E-state index in [0.717, 1.165) is 27.8 Å². The Morgan fingerprint density at radius 2 is 1.42 bits per heavy atom. The number of sulfonamides is 1. The number of hydrogen-bond donors (Lipinski definition) is 0. The highest BCUT2D eigenvalue weighted by Crippen LogP contribution is 2.35. The van der Waals surface area contributed by atoms with Crippen molar-refractivity contribution in [3.63, 3.8) is 0 Å². The van der Waals surface area contributed by atoms with E-state index < -0.39 is 10.0 Å². The molecule has 164 valence electrons. The van der Waals surface area contributed by atoms with Gasteiger partial charge < -0.3 is 4.52 Å². The molecular formula is C24H29N3O3S. The van der Waals surface area contributed by atoms with E-state index in [1.54, 1.807) is 4.31 Å². The fourth-order valence-corrected chi connectivity index (χ4v) is 6.46. The molecule has 1 fully saturated rings. The lowest BCUT2D eigenvalue weighted by atomic mass is 9.95. The van der Waals surface area contributed by atoms with Crippen molar-refractivity contribution in [1.29, 1.82) is 0 Å². The SMILES string of the molecule is Cc1c(C)c(C)c(S(=O)(=O)N2CCC(c3nc(-c4ccccc4)no3)CC2)c(C)c1C. The Kier molecular flexibility index (Phi) is 5.75. The van der Waals surface area contributed by atoms with Crippen LogP contribution in [-0.4, -0.2) is 36.0 Å². The Morgan fingerprint density at radius 1 is 0.871 bits per heavy atom.